The highest BCUT2D eigenvalue weighted by atomic mass is 16.4. The SMILES string of the molecule is CC[C@H](C)[C@H](NC(=O)[C@H](Cc1ccc(O)cc1)NC(=O)[C@@H](NC(=O)[C@H](CCCN=C(N)N)NC(=O)[C@@H](N)CC(=O)O)C(C)C)C(=O)N[C@@H](Cc1cnc[nH]1)C(=O)N1CCC[C@H]1C(=O)NC(=Cc1ccccc1)C(=O)N[C@@H](Cc1cnc[nH]1)C(=O)N[C@@H](CC(C)C)C(=O)O. The van der Waals surface area contributed by atoms with Gasteiger partial charge in [0, 0.05) is 56.1 Å². The maximum atomic E-state index is 15.1. The van der Waals surface area contributed by atoms with Crippen molar-refractivity contribution in [3.63, 3.8) is 0 Å². The number of aliphatic carboxylic acids is 2. The van der Waals surface area contributed by atoms with Crippen LogP contribution >= 0.6 is 0 Å². The summed E-state index contributed by atoms with van der Waals surface area (Å²) in [4.78, 5) is 172. The van der Waals surface area contributed by atoms with Gasteiger partial charge in [0.25, 0.3) is 5.91 Å². The van der Waals surface area contributed by atoms with Crippen LogP contribution < -0.4 is 59.7 Å². The minimum Gasteiger partial charge on any atom is -0.508 e. The first-order valence-corrected chi connectivity index (χ1v) is 30.6. The number of H-pyrrole nitrogens is 2. The molecule has 1 saturated heterocycles. The summed E-state index contributed by atoms with van der Waals surface area (Å²) in [5, 5.41) is 50.5. The minimum absolute atomic E-state index is 0.0292. The number of nitrogens with two attached hydrogens (primary N) is 3. The number of aliphatic imine (C=N–C) groups is 1. The number of carbonyl (C=O) groups is 11. The molecule has 2 aromatic heterocycles. The molecule has 5 rings (SSSR count). The predicted molar refractivity (Wildman–Crippen MR) is 339 cm³/mol. The van der Waals surface area contributed by atoms with Crippen molar-refractivity contribution in [2.45, 2.75) is 160 Å². The Kier molecular flexibility index (Phi) is 28.5. The van der Waals surface area contributed by atoms with E-state index in [4.69, 9.17) is 17.2 Å². The molecule has 93 heavy (non-hydrogen) atoms. The average Bonchev–Trinajstić information content (AvgIpc) is 1.81. The number of aromatic hydroxyl groups is 1. The van der Waals surface area contributed by atoms with E-state index in [9.17, 15) is 63.3 Å². The van der Waals surface area contributed by atoms with E-state index >= 15 is 4.79 Å². The van der Waals surface area contributed by atoms with Crippen molar-refractivity contribution in [1.29, 1.82) is 0 Å². The highest BCUT2D eigenvalue weighted by Crippen LogP contribution is 2.22. The molecular weight excluding hydrogens is 1210 g/mol. The van der Waals surface area contributed by atoms with E-state index in [0.29, 0.717) is 35.4 Å². The van der Waals surface area contributed by atoms with Gasteiger partial charge in [-0.15, -0.1) is 0 Å². The molecule has 31 heteroatoms. The molecule has 3 heterocycles. The highest BCUT2D eigenvalue weighted by molar-refractivity contribution is 6.05. The first-order valence-electron chi connectivity index (χ1n) is 30.6. The Labute approximate surface area is 537 Å². The number of nitrogens with zero attached hydrogens (tertiary/aromatic N) is 4. The lowest BCUT2D eigenvalue weighted by atomic mass is 9.96. The second kappa shape index (κ2) is 36.0. The Morgan fingerprint density at radius 2 is 1.25 bits per heavy atom. The smallest absolute Gasteiger partial charge is 0.326 e. The van der Waals surface area contributed by atoms with Crippen LogP contribution in [-0.4, -0.2) is 179 Å². The molecule has 0 aliphatic carbocycles. The van der Waals surface area contributed by atoms with Crippen molar-refractivity contribution in [1.82, 2.24) is 67.4 Å². The Bertz CT molecular complexity index is 3250. The van der Waals surface area contributed by atoms with Crippen LogP contribution in [0.3, 0.4) is 0 Å². The number of nitrogens with one attached hydrogen (secondary N) is 10. The number of amides is 9. The second-order valence-electron chi connectivity index (χ2n) is 23.6. The van der Waals surface area contributed by atoms with Gasteiger partial charge in [-0.2, -0.15) is 0 Å². The van der Waals surface area contributed by atoms with E-state index in [2.05, 4.69) is 67.5 Å². The van der Waals surface area contributed by atoms with Gasteiger partial charge in [0.15, 0.2) is 5.96 Å². The third-order valence-corrected chi connectivity index (χ3v) is 15.3. The van der Waals surface area contributed by atoms with Crippen LogP contribution in [0.5, 0.6) is 5.75 Å². The van der Waals surface area contributed by atoms with Crippen LogP contribution in [0.25, 0.3) is 6.08 Å². The summed E-state index contributed by atoms with van der Waals surface area (Å²) in [6, 6.07) is 1.74. The Balaban J connectivity index is 1.41. The van der Waals surface area contributed by atoms with Crippen molar-refractivity contribution in [3.05, 3.63) is 108 Å². The highest BCUT2D eigenvalue weighted by Gasteiger charge is 2.41. The summed E-state index contributed by atoms with van der Waals surface area (Å²) in [7, 11) is 0. The molecule has 0 bridgehead atoms. The summed E-state index contributed by atoms with van der Waals surface area (Å²) < 4.78 is 0. The molecule has 10 atom stereocenters. The van der Waals surface area contributed by atoms with Crippen LogP contribution in [0.15, 0.2) is 90.3 Å². The zero-order valence-electron chi connectivity index (χ0n) is 52.8. The largest absolute Gasteiger partial charge is 0.508 e. The van der Waals surface area contributed by atoms with Gasteiger partial charge < -0.3 is 89.9 Å². The number of imidazole rings is 2. The quantitative estimate of drug-likeness (QED) is 0.0113. The van der Waals surface area contributed by atoms with Gasteiger partial charge in [-0.3, -0.25) is 52.9 Å². The number of hydrogen-bond donors (Lipinski definition) is 16. The molecule has 0 unspecified atom stereocenters. The molecule has 2 aromatic carbocycles. The van der Waals surface area contributed by atoms with Crippen LogP contribution in [0.2, 0.25) is 0 Å². The number of phenolic OH excluding ortho intramolecular Hbond substituents is 1. The second-order valence-corrected chi connectivity index (χ2v) is 23.6. The molecule has 0 saturated carbocycles. The monoisotopic (exact) mass is 1290 g/mol. The minimum atomic E-state index is -1.53. The molecule has 9 amide bonds. The number of likely N-dealkylation sites (tertiary alicyclic amines) is 1. The zero-order chi connectivity index (χ0) is 68.5. The number of aromatic nitrogens is 4. The number of carbonyl (C=O) groups excluding carboxylic acids is 9. The number of carboxylic acids is 2. The fraction of sp³-hybridized carbons (Fsp3) is 0.484. The molecule has 1 aliphatic heterocycles. The molecular formula is C62H87N17O14. The third kappa shape index (κ3) is 23.5. The first-order chi connectivity index (χ1) is 44.1. The van der Waals surface area contributed by atoms with Crippen LogP contribution in [0.4, 0.5) is 0 Å². The van der Waals surface area contributed by atoms with Crippen LogP contribution in [-0.2, 0) is 72.0 Å². The Morgan fingerprint density at radius 1 is 0.688 bits per heavy atom. The van der Waals surface area contributed by atoms with E-state index in [1.54, 1.807) is 71.9 Å². The lowest BCUT2D eigenvalue weighted by Gasteiger charge is -2.32. The van der Waals surface area contributed by atoms with Crippen molar-refractivity contribution < 1.29 is 68.1 Å². The van der Waals surface area contributed by atoms with Gasteiger partial charge in [0.1, 0.15) is 59.8 Å². The zero-order valence-corrected chi connectivity index (χ0v) is 52.8. The summed E-state index contributed by atoms with van der Waals surface area (Å²) >= 11 is 0. The van der Waals surface area contributed by atoms with Gasteiger partial charge >= 0.3 is 11.9 Å². The van der Waals surface area contributed by atoms with Crippen LogP contribution in [0.1, 0.15) is 109 Å². The summed E-state index contributed by atoms with van der Waals surface area (Å²) in [5.74, 6) is -12.0. The number of aromatic amines is 2. The number of hydrogen-bond acceptors (Lipinski definition) is 16. The summed E-state index contributed by atoms with van der Waals surface area (Å²) in [5.41, 5.74) is 18.1. The Hall–Kier alpha value is -10.2. The molecule has 0 spiro atoms. The first kappa shape index (κ1) is 73.5. The average molecular weight is 1290 g/mol. The van der Waals surface area contributed by atoms with Gasteiger partial charge in [-0.25, -0.2) is 14.8 Å². The number of benzene rings is 2. The molecule has 19 N–H and O–H groups in total. The summed E-state index contributed by atoms with van der Waals surface area (Å²) in [6.07, 6.45) is 6.55. The molecule has 4 aromatic rings. The van der Waals surface area contributed by atoms with Gasteiger partial charge in [-0.1, -0.05) is 90.4 Å². The molecule has 31 nitrogen and oxygen atoms in total. The lowest BCUT2D eigenvalue weighted by Crippen LogP contribution is -2.62. The van der Waals surface area contributed by atoms with E-state index in [1.165, 1.54) is 60.3 Å². The van der Waals surface area contributed by atoms with Crippen molar-refractivity contribution in [2.24, 2.45) is 39.9 Å². The van der Waals surface area contributed by atoms with Gasteiger partial charge in [0.2, 0.25) is 47.3 Å². The lowest BCUT2D eigenvalue weighted by molar-refractivity contribution is -0.142. The van der Waals surface area contributed by atoms with Crippen molar-refractivity contribution >= 4 is 77.1 Å². The topological polar surface area (TPSA) is 496 Å². The maximum Gasteiger partial charge on any atom is 0.326 e. The van der Waals surface area contributed by atoms with E-state index in [1.807, 2.05) is 0 Å². The molecule has 1 fully saturated rings. The van der Waals surface area contributed by atoms with E-state index < -0.39 is 138 Å². The molecule has 504 valence electrons. The van der Waals surface area contributed by atoms with Gasteiger partial charge in [-0.05, 0) is 79.2 Å². The molecule has 0 radical (unpaired) electrons. The predicted octanol–water partition coefficient (Wildman–Crippen LogP) is -0.903. The fourth-order valence-electron chi connectivity index (χ4n) is 10.1. The fourth-order valence-corrected chi connectivity index (χ4v) is 10.1. The third-order valence-electron chi connectivity index (χ3n) is 15.3. The molecule has 1 aliphatic rings. The number of guanidine groups is 1. The number of carboxylic acid groups (broad SMARTS) is 2. The van der Waals surface area contributed by atoms with E-state index in [-0.39, 0.29) is 81.4 Å². The van der Waals surface area contributed by atoms with Crippen LogP contribution in [0, 0.1) is 17.8 Å². The van der Waals surface area contributed by atoms with E-state index in [0.717, 1.165) is 0 Å². The Morgan fingerprint density at radius 3 is 1.82 bits per heavy atom. The normalized spacial score (nSPS) is 15.9. The standard InChI is InChI=1S/C62H87N17O14/c1-7-35(6)51(78-56(87)44(25-37-17-19-40(80)20-18-37)74-58(89)50(34(4)5)77-53(84)42(15-11-21-68-62(64)65)71-52(83)41(63)28-49(81)82)59(90)75-46(27-39-30-67-32-70-39)60(91)79-22-12-16-48(79)57(88)73-43(24-36-13-9-8-10-14-36)54(85)72-45(26-38-29-66-31-69-38)55(86)76-47(61(92)93)23-33(2)3/h8-10,13-14,17-20,24,29-35,41-42,44-48,50-51,80H,7,11-12,15-16,21-23,25-28,63H2,1-6H3,(H,66,69)(H,67,70)(H,71,83)(H,72,85)(H,73,88)(H,74,89)(H,75,90)(H,76,86)(H,77,84)(H,78,87)(H,81,82)(H,92,93)(H4,64,65,68)/t35-,41-,42-,44-,45-,46-,47-,48-,50-,51-/m0/s1. The summed E-state index contributed by atoms with van der Waals surface area (Å²) in [6.45, 7) is 10.3. The number of phenols is 1. The van der Waals surface area contributed by atoms with Crippen molar-refractivity contribution in [2.75, 3.05) is 13.1 Å². The van der Waals surface area contributed by atoms with Gasteiger partial charge in [0.05, 0.1) is 25.1 Å². The number of rotatable bonds is 36. The maximum absolute atomic E-state index is 15.1. The van der Waals surface area contributed by atoms with Crippen molar-refractivity contribution in [3.8, 4) is 5.75 Å².